The average molecular weight is 315 g/mol. The highest BCUT2D eigenvalue weighted by molar-refractivity contribution is 5.34. The Balaban J connectivity index is 1.88. The van der Waals surface area contributed by atoms with E-state index in [9.17, 15) is 0 Å². The summed E-state index contributed by atoms with van der Waals surface area (Å²) in [6.07, 6.45) is 8.39. The molecule has 3 rings (SSSR count). The minimum Gasteiger partial charge on any atom is -0.497 e. The number of benzene rings is 1. The molecule has 1 aromatic carbocycles. The second-order valence-corrected chi connectivity index (χ2v) is 8.71. The van der Waals surface area contributed by atoms with Crippen LogP contribution in [0.1, 0.15) is 64.0 Å². The Hall–Kier alpha value is -0.980. The van der Waals surface area contributed by atoms with Crippen molar-refractivity contribution in [2.45, 2.75) is 66.2 Å². The van der Waals surface area contributed by atoms with Crippen molar-refractivity contribution in [3.05, 3.63) is 29.3 Å². The highest BCUT2D eigenvalue weighted by Crippen LogP contribution is 2.57. The second-order valence-electron chi connectivity index (χ2n) is 8.71. The summed E-state index contributed by atoms with van der Waals surface area (Å²) in [7, 11) is 1.78. The Kier molecular flexibility index (Phi) is 4.76. The van der Waals surface area contributed by atoms with Crippen LogP contribution in [0, 0.1) is 36.0 Å². The molecule has 1 heteroatoms. The lowest BCUT2D eigenvalue weighted by Gasteiger charge is -2.55. The van der Waals surface area contributed by atoms with Crippen LogP contribution >= 0.6 is 0 Å². The van der Waals surface area contributed by atoms with Gasteiger partial charge in [0, 0.05) is 0 Å². The van der Waals surface area contributed by atoms with Crippen LogP contribution in [-0.4, -0.2) is 7.11 Å². The zero-order valence-corrected chi connectivity index (χ0v) is 15.7. The molecule has 1 nitrogen and oxygen atoms in total. The van der Waals surface area contributed by atoms with Crippen molar-refractivity contribution in [1.29, 1.82) is 0 Å². The molecule has 5 unspecified atom stereocenters. The molecule has 0 aliphatic heterocycles. The smallest absolute Gasteiger partial charge is 0.119 e. The second kappa shape index (κ2) is 6.49. The predicted octanol–water partition coefficient (Wildman–Crippen LogP) is 6.03. The summed E-state index contributed by atoms with van der Waals surface area (Å²) in [6.45, 7) is 9.80. The number of aryl methyl sites for hydroxylation is 1. The van der Waals surface area contributed by atoms with Crippen molar-refractivity contribution < 1.29 is 4.74 Å². The third kappa shape index (κ3) is 3.16. The van der Waals surface area contributed by atoms with Gasteiger partial charge >= 0.3 is 0 Å². The zero-order chi connectivity index (χ0) is 16.6. The molecule has 2 aliphatic rings. The molecule has 0 radical (unpaired) electrons. The molecule has 2 aliphatic carbocycles. The molecular formula is C22H34O. The number of hydrogen-bond donors (Lipinski definition) is 0. The van der Waals surface area contributed by atoms with E-state index < -0.39 is 0 Å². The summed E-state index contributed by atoms with van der Waals surface area (Å²) in [5.74, 6) is 4.52. The summed E-state index contributed by atoms with van der Waals surface area (Å²) in [6, 6.07) is 6.77. The molecule has 2 saturated carbocycles. The number of fused-ring (bicyclic) bond motifs is 1. The van der Waals surface area contributed by atoms with Gasteiger partial charge in [0.15, 0.2) is 0 Å². The molecule has 2 fully saturated rings. The largest absolute Gasteiger partial charge is 0.497 e. The third-order valence-corrected chi connectivity index (χ3v) is 7.18. The lowest BCUT2D eigenvalue weighted by atomic mass is 9.49. The minimum absolute atomic E-state index is 0.534. The highest BCUT2D eigenvalue weighted by atomic mass is 16.5. The van der Waals surface area contributed by atoms with Gasteiger partial charge in [-0.3, -0.25) is 0 Å². The van der Waals surface area contributed by atoms with Gasteiger partial charge in [-0.25, -0.2) is 0 Å². The molecule has 0 saturated heterocycles. The van der Waals surface area contributed by atoms with E-state index >= 15 is 0 Å². The van der Waals surface area contributed by atoms with E-state index in [2.05, 4.69) is 45.9 Å². The Morgan fingerprint density at radius 1 is 1.09 bits per heavy atom. The molecule has 23 heavy (non-hydrogen) atoms. The Bertz CT molecular complexity index is 549. The SMILES string of the molecule is COc1cc(C)cc(CC2C(C)CCC3C(C)CCCC32C)c1. The normalized spacial score (nSPS) is 37.3. The monoisotopic (exact) mass is 314 g/mol. The lowest BCUT2D eigenvalue weighted by molar-refractivity contribution is -0.0560. The quantitative estimate of drug-likeness (QED) is 0.661. The summed E-state index contributed by atoms with van der Waals surface area (Å²) >= 11 is 0. The number of rotatable bonds is 3. The minimum atomic E-state index is 0.534. The molecule has 1 aromatic rings. The molecule has 0 spiro atoms. The number of ether oxygens (including phenoxy) is 1. The van der Waals surface area contributed by atoms with Crippen LogP contribution in [0.2, 0.25) is 0 Å². The first-order valence-electron chi connectivity index (χ1n) is 9.58. The first kappa shape index (κ1) is 16.9. The molecule has 128 valence electrons. The van der Waals surface area contributed by atoms with Gasteiger partial charge in [-0.15, -0.1) is 0 Å². The van der Waals surface area contributed by atoms with E-state index in [1.165, 1.54) is 49.7 Å². The molecule has 5 atom stereocenters. The van der Waals surface area contributed by atoms with Gasteiger partial charge in [-0.1, -0.05) is 46.1 Å². The van der Waals surface area contributed by atoms with Crippen LogP contribution in [-0.2, 0) is 6.42 Å². The van der Waals surface area contributed by atoms with Crippen LogP contribution in [0.5, 0.6) is 5.75 Å². The van der Waals surface area contributed by atoms with Gasteiger partial charge in [0.1, 0.15) is 5.75 Å². The highest BCUT2D eigenvalue weighted by Gasteiger charge is 2.49. The third-order valence-electron chi connectivity index (χ3n) is 7.18. The van der Waals surface area contributed by atoms with Crippen molar-refractivity contribution in [1.82, 2.24) is 0 Å². The fraction of sp³-hybridized carbons (Fsp3) is 0.727. The van der Waals surface area contributed by atoms with Crippen molar-refractivity contribution in [2.24, 2.45) is 29.1 Å². The Labute approximate surface area is 142 Å². The summed E-state index contributed by atoms with van der Waals surface area (Å²) in [5, 5.41) is 0. The zero-order valence-electron chi connectivity index (χ0n) is 15.7. The van der Waals surface area contributed by atoms with E-state index in [1.54, 1.807) is 7.11 Å². The van der Waals surface area contributed by atoms with Gasteiger partial charge in [0.25, 0.3) is 0 Å². The fourth-order valence-electron chi connectivity index (χ4n) is 5.96. The van der Waals surface area contributed by atoms with Gasteiger partial charge < -0.3 is 4.74 Å². The summed E-state index contributed by atoms with van der Waals surface area (Å²) < 4.78 is 5.50. The van der Waals surface area contributed by atoms with Crippen molar-refractivity contribution in [3.63, 3.8) is 0 Å². The Morgan fingerprint density at radius 2 is 1.87 bits per heavy atom. The summed E-state index contributed by atoms with van der Waals surface area (Å²) in [5.41, 5.74) is 3.33. The van der Waals surface area contributed by atoms with Gasteiger partial charge in [-0.2, -0.15) is 0 Å². The summed E-state index contributed by atoms with van der Waals surface area (Å²) in [4.78, 5) is 0. The van der Waals surface area contributed by atoms with Gasteiger partial charge in [-0.05, 0) is 78.5 Å². The van der Waals surface area contributed by atoms with E-state index in [-0.39, 0.29) is 0 Å². The van der Waals surface area contributed by atoms with Crippen molar-refractivity contribution in [3.8, 4) is 5.75 Å². The first-order valence-corrected chi connectivity index (χ1v) is 9.58. The Morgan fingerprint density at radius 3 is 2.61 bits per heavy atom. The lowest BCUT2D eigenvalue weighted by Crippen LogP contribution is -2.48. The van der Waals surface area contributed by atoms with E-state index in [4.69, 9.17) is 4.74 Å². The van der Waals surface area contributed by atoms with E-state index in [1.807, 2.05) is 0 Å². The molecular weight excluding hydrogens is 280 g/mol. The van der Waals surface area contributed by atoms with Crippen LogP contribution in [0.25, 0.3) is 0 Å². The average Bonchev–Trinajstić information content (AvgIpc) is 2.50. The van der Waals surface area contributed by atoms with E-state index in [0.717, 1.165) is 29.4 Å². The molecule has 0 heterocycles. The predicted molar refractivity (Wildman–Crippen MR) is 97.9 cm³/mol. The molecule has 0 aromatic heterocycles. The van der Waals surface area contributed by atoms with Crippen molar-refractivity contribution >= 4 is 0 Å². The number of methoxy groups -OCH3 is 1. The number of hydrogen-bond acceptors (Lipinski definition) is 1. The maximum atomic E-state index is 5.50. The van der Waals surface area contributed by atoms with Crippen molar-refractivity contribution in [2.75, 3.05) is 7.11 Å². The van der Waals surface area contributed by atoms with Crippen LogP contribution in [0.3, 0.4) is 0 Å². The van der Waals surface area contributed by atoms with Crippen LogP contribution < -0.4 is 4.74 Å². The maximum absolute atomic E-state index is 5.50. The molecule has 0 amide bonds. The van der Waals surface area contributed by atoms with Crippen LogP contribution in [0.4, 0.5) is 0 Å². The van der Waals surface area contributed by atoms with Crippen LogP contribution in [0.15, 0.2) is 18.2 Å². The first-order chi connectivity index (χ1) is 10.9. The molecule has 0 bridgehead atoms. The molecule has 0 N–H and O–H groups in total. The fourth-order valence-corrected chi connectivity index (χ4v) is 5.96. The topological polar surface area (TPSA) is 9.23 Å². The van der Waals surface area contributed by atoms with Gasteiger partial charge in [0.05, 0.1) is 7.11 Å². The van der Waals surface area contributed by atoms with E-state index in [0.29, 0.717) is 5.41 Å². The van der Waals surface area contributed by atoms with Gasteiger partial charge in [0.2, 0.25) is 0 Å². The standard InChI is InChI=1S/C22H34O/c1-15-11-18(13-19(12-15)23-5)14-21-17(3)8-9-20-16(2)7-6-10-22(20,21)4/h11-13,16-17,20-21H,6-10,14H2,1-5H3. The maximum Gasteiger partial charge on any atom is 0.119 e.